The minimum atomic E-state index is -0.735. The molecular formula is C19H24N2O5. The molecular weight excluding hydrogens is 336 g/mol. The fourth-order valence-electron chi connectivity index (χ4n) is 2.55. The fourth-order valence-corrected chi connectivity index (χ4v) is 2.55. The highest BCUT2D eigenvalue weighted by atomic mass is 16.6. The number of benzene rings is 2. The van der Waals surface area contributed by atoms with Crippen LogP contribution in [0.5, 0.6) is 11.5 Å². The van der Waals surface area contributed by atoms with Crippen molar-refractivity contribution in [2.75, 3.05) is 20.3 Å². The van der Waals surface area contributed by atoms with Gasteiger partial charge in [0.05, 0.1) is 18.1 Å². The van der Waals surface area contributed by atoms with Gasteiger partial charge in [-0.25, -0.2) is 0 Å². The van der Waals surface area contributed by atoms with Crippen LogP contribution in [0.2, 0.25) is 0 Å². The largest absolute Gasteiger partial charge is 0.497 e. The second-order valence-corrected chi connectivity index (χ2v) is 5.86. The van der Waals surface area contributed by atoms with Crippen molar-refractivity contribution >= 4 is 5.69 Å². The first-order chi connectivity index (χ1) is 12.5. The first-order valence-electron chi connectivity index (χ1n) is 8.46. The molecule has 2 rings (SSSR count). The summed E-state index contributed by atoms with van der Waals surface area (Å²) < 4.78 is 10.6. The van der Waals surface area contributed by atoms with Gasteiger partial charge >= 0.3 is 0 Å². The lowest BCUT2D eigenvalue weighted by molar-refractivity contribution is -0.384. The topological polar surface area (TPSA) is 93.9 Å². The number of hydrogen-bond donors (Lipinski definition) is 2. The third kappa shape index (κ3) is 5.72. The maximum atomic E-state index is 10.8. The zero-order chi connectivity index (χ0) is 18.9. The molecule has 26 heavy (non-hydrogen) atoms. The molecule has 0 aliphatic carbocycles. The van der Waals surface area contributed by atoms with Gasteiger partial charge in [-0.2, -0.15) is 0 Å². The molecule has 2 N–H and O–H groups in total. The summed E-state index contributed by atoms with van der Waals surface area (Å²) in [6.45, 7) is 2.46. The van der Waals surface area contributed by atoms with Gasteiger partial charge in [0, 0.05) is 18.7 Å². The van der Waals surface area contributed by atoms with Gasteiger partial charge in [-0.15, -0.1) is 0 Å². The van der Waals surface area contributed by atoms with E-state index in [2.05, 4.69) is 12.2 Å². The molecule has 7 heteroatoms. The van der Waals surface area contributed by atoms with Crippen LogP contribution in [-0.4, -0.2) is 36.4 Å². The number of aliphatic hydroxyl groups is 1. The maximum Gasteiger partial charge on any atom is 0.273 e. The van der Waals surface area contributed by atoms with E-state index in [-0.39, 0.29) is 18.3 Å². The number of nitrogens with zero attached hydrogens (tertiary/aromatic N) is 1. The normalized spacial score (nSPS) is 13.0. The van der Waals surface area contributed by atoms with Crippen molar-refractivity contribution in [1.82, 2.24) is 5.32 Å². The zero-order valence-electron chi connectivity index (χ0n) is 14.9. The third-order valence-corrected chi connectivity index (χ3v) is 4.00. The molecule has 140 valence electrons. The van der Waals surface area contributed by atoms with Crippen LogP contribution in [0.1, 0.15) is 24.9 Å². The Morgan fingerprint density at radius 1 is 1.19 bits per heavy atom. The van der Waals surface area contributed by atoms with Crippen molar-refractivity contribution in [1.29, 1.82) is 0 Å². The maximum absolute atomic E-state index is 10.8. The van der Waals surface area contributed by atoms with E-state index in [1.54, 1.807) is 19.2 Å². The first kappa shape index (κ1) is 19.7. The Kier molecular flexibility index (Phi) is 7.37. The number of aliphatic hydroxyl groups excluding tert-OH is 1. The first-order valence-corrected chi connectivity index (χ1v) is 8.46. The van der Waals surface area contributed by atoms with Crippen LogP contribution in [0.25, 0.3) is 0 Å². The lowest BCUT2D eigenvalue weighted by Crippen LogP contribution is -2.33. The van der Waals surface area contributed by atoms with Crippen molar-refractivity contribution < 1.29 is 19.5 Å². The molecule has 0 heterocycles. The lowest BCUT2D eigenvalue weighted by atomic mass is 10.0. The van der Waals surface area contributed by atoms with E-state index in [1.807, 2.05) is 24.3 Å². The van der Waals surface area contributed by atoms with Crippen LogP contribution in [0.15, 0.2) is 48.5 Å². The predicted octanol–water partition coefficient (Wildman–Crippen LogP) is 3.08. The smallest absolute Gasteiger partial charge is 0.273 e. The molecule has 0 radical (unpaired) electrons. The number of nitro benzene ring substituents is 1. The van der Waals surface area contributed by atoms with Gasteiger partial charge < -0.3 is 19.9 Å². The Hall–Kier alpha value is -2.64. The Morgan fingerprint density at radius 2 is 1.92 bits per heavy atom. The molecule has 0 saturated heterocycles. The standard InChI is InChI=1S/C19H24N2O5/c1-3-19(14-7-9-17(25-2)10-8-14)20-12-16(22)13-26-18-6-4-5-15(11-18)21(23)24/h4-11,16,19-20,22H,3,12-13H2,1-2H3/t16-,19+/m0/s1. The number of non-ortho nitro benzene ring substituents is 1. The number of methoxy groups -OCH3 is 1. The molecule has 0 spiro atoms. The molecule has 0 saturated carbocycles. The summed E-state index contributed by atoms with van der Waals surface area (Å²) in [6, 6.07) is 13.8. The highest BCUT2D eigenvalue weighted by Crippen LogP contribution is 2.21. The summed E-state index contributed by atoms with van der Waals surface area (Å²) in [5.41, 5.74) is 1.07. The number of hydrogen-bond acceptors (Lipinski definition) is 6. The Bertz CT molecular complexity index is 705. The summed E-state index contributed by atoms with van der Waals surface area (Å²) in [6.07, 6.45) is 0.131. The van der Waals surface area contributed by atoms with Crippen LogP contribution in [0.3, 0.4) is 0 Å². The van der Waals surface area contributed by atoms with E-state index in [4.69, 9.17) is 9.47 Å². The van der Waals surface area contributed by atoms with Gasteiger partial charge in [0.25, 0.3) is 5.69 Å². The quantitative estimate of drug-likeness (QED) is 0.499. The molecule has 0 aromatic heterocycles. The van der Waals surface area contributed by atoms with Crippen molar-refractivity contribution in [2.24, 2.45) is 0 Å². The van der Waals surface area contributed by atoms with E-state index in [0.29, 0.717) is 12.3 Å². The second kappa shape index (κ2) is 9.74. The fraction of sp³-hybridized carbons (Fsp3) is 0.368. The monoisotopic (exact) mass is 360 g/mol. The van der Waals surface area contributed by atoms with E-state index < -0.39 is 11.0 Å². The predicted molar refractivity (Wildman–Crippen MR) is 98.6 cm³/mol. The van der Waals surface area contributed by atoms with Crippen molar-refractivity contribution in [3.8, 4) is 11.5 Å². The highest BCUT2D eigenvalue weighted by molar-refractivity contribution is 5.37. The van der Waals surface area contributed by atoms with Crippen LogP contribution >= 0.6 is 0 Å². The van der Waals surface area contributed by atoms with Gasteiger partial charge in [0.2, 0.25) is 0 Å². The zero-order valence-corrected chi connectivity index (χ0v) is 14.9. The summed E-state index contributed by atoms with van der Waals surface area (Å²) in [4.78, 5) is 10.3. The van der Waals surface area contributed by atoms with Crippen LogP contribution in [-0.2, 0) is 0 Å². The van der Waals surface area contributed by atoms with E-state index in [0.717, 1.165) is 17.7 Å². The summed E-state index contributed by atoms with van der Waals surface area (Å²) in [5.74, 6) is 1.16. The summed E-state index contributed by atoms with van der Waals surface area (Å²) >= 11 is 0. The van der Waals surface area contributed by atoms with Crippen molar-refractivity contribution in [3.63, 3.8) is 0 Å². The highest BCUT2D eigenvalue weighted by Gasteiger charge is 2.13. The molecule has 0 unspecified atom stereocenters. The van der Waals surface area contributed by atoms with Crippen LogP contribution in [0, 0.1) is 10.1 Å². The number of rotatable bonds is 10. The van der Waals surface area contributed by atoms with Crippen molar-refractivity contribution in [2.45, 2.75) is 25.5 Å². The minimum absolute atomic E-state index is 0.0410. The van der Waals surface area contributed by atoms with Gasteiger partial charge in [-0.1, -0.05) is 25.1 Å². The Labute approximate surface area is 152 Å². The molecule has 2 aromatic rings. The summed E-state index contributed by atoms with van der Waals surface area (Å²) in [7, 11) is 1.63. The van der Waals surface area contributed by atoms with Gasteiger partial charge in [-0.05, 0) is 30.2 Å². The van der Waals surface area contributed by atoms with Crippen LogP contribution in [0.4, 0.5) is 5.69 Å². The average Bonchev–Trinajstić information content (AvgIpc) is 2.67. The molecule has 7 nitrogen and oxygen atoms in total. The number of nitrogens with one attached hydrogen (secondary N) is 1. The van der Waals surface area contributed by atoms with Gasteiger partial charge in [0.15, 0.2) is 0 Å². The van der Waals surface area contributed by atoms with E-state index in [1.165, 1.54) is 12.1 Å². The van der Waals surface area contributed by atoms with E-state index in [9.17, 15) is 15.2 Å². The molecule has 2 aromatic carbocycles. The number of nitro groups is 1. The molecule has 0 amide bonds. The SMILES string of the molecule is CC[C@@H](NC[C@H](O)COc1cccc([N+](=O)[O-])c1)c1ccc(OC)cc1. The average molecular weight is 360 g/mol. The van der Waals surface area contributed by atoms with Crippen LogP contribution < -0.4 is 14.8 Å². The summed E-state index contributed by atoms with van der Waals surface area (Å²) in [5, 5.41) is 24.2. The van der Waals surface area contributed by atoms with Gasteiger partial charge in [-0.3, -0.25) is 10.1 Å². The Balaban J connectivity index is 1.83. The lowest BCUT2D eigenvalue weighted by Gasteiger charge is -2.20. The Morgan fingerprint density at radius 3 is 2.54 bits per heavy atom. The molecule has 0 fully saturated rings. The van der Waals surface area contributed by atoms with E-state index >= 15 is 0 Å². The number of ether oxygens (including phenoxy) is 2. The minimum Gasteiger partial charge on any atom is -0.497 e. The molecule has 2 atom stereocenters. The molecule has 0 aliphatic heterocycles. The molecule has 0 bridgehead atoms. The molecule has 0 aliphatic rings. The van der Waals surface area contributed by atoms with Crippen molar-refractivity contribution in [3.05, 3.63) is 64.2 Å². The second-order valence-electron chi connectivity index (χ2n) is 5.86. The third-order valence-electron chi connectivity index (χ3n) is 4.00. The van der Waals surface area contributed by atoms with Gasteiger partial charge in [0.1, 0.15) is 24.2 Å².